The summed E-state index contributed by atoms with van der Waals surface area (Å²) in [5, 5.41) is 0.385. The fourth-order valence-electron chi connectivity index (χ4n) is 1.19. The number of aromatic nitrogens is 1. The first kappa shape index (κ1) is 15.1. The minimum atomic E-state index is -1.02. The monoisotopic (exact) mass is 285 g/mol. The van der Waals surface area contributed by atoms with E-state index in [0.29, 0.717) is 17.6 Å². The lowest BCUT2D eigenvalue weighted by Crippen LogP contribution is -2.21. The molecule has 1 aromatic rings. The first-order chi connectivity index (χ1) is 8.38. The van der Waals surface area contributed by atoms with Crippen molar-refractivity contribution in [1.82, 2.24) is 4.98 Å². The Morgan fingerprint density at radius 1 is 1.50 bits per heavy atom. The molecule has 0 fully saturated rings. The summed E-state index contributed by atoms with van der Waals surface area (Å²) in [7, 11) is -1.02. The highest BCUT2D eigenvalue weighted by Crippen LogP contribution is 2.13. The fourth-order valence-corrected chi connectivity index (χ4v) is 2.12. The van der Waals surface area contributed by atoms with Gasteiger partial charge in [-0.1, -0.05) is 31.2 Å². The van der Waals surface area contributed by atoms with Crippen molar-refractivity contribution in [1.29, 1.82) is 0 Å². The molecule has 0 bridgehead atoms. The number of hydrogen-bond acceptors (Lipinski definition) is 4. The molecule has 18 heavy (non-hydrogen) atoms. The molecule has 0 radical (unpaired) electrons. The summed E-state index contributed by atoms with van der Waals surface area (Å²) in [6.45, 7) is 8.08. The zero-order valence-electron chi connectivity index (χ0n) is 11.1. The summed E-state index contributed by atoms with van der Waals surface area (Å²) < 4.78 is 5.44. The summed E-state index contributed by atoms with van der Waals surface area (Å²) in [6.07, 6.45) is 3.26. The summed E-state index contributed by atoms with van der Waals surface area (Å²) in [5.41, 5.74) is 7.10. The summed E-state index contributed by atoms with van der Waals surface area (Å²) in [5.74, 6) is 0. The highest BCUT2D eigenvalue weighted by atomic mass is 35.5. The Hall–Kier alpha value is -0.913. The molecule has 0 aliphatic carbocycles. The van der Waals surface area contributed by atoms with Crippen molar-refractivity contribution in [3.63, 3.8) is 0 Å². The van der Waals surface area contributed by atoms with Crippen LogP contribution in [0.4, 0.5) is 5.69 Å². The molecule has 0 saturated heterocycles. The molecule has 2 N–H and O–H groups in total. The van der Waals surface area contributed by atoms with E-state index in [9.17, 15) is 0 Å². The Bertz CT molecular complexity index is 418. The number of hydrogen-bond donors (Lipinski definition) is 1. The first-order valence-electron chi connectivity index (χ1n) is 5.87. The SMILES string of the molecule is C[Si](C)(C)CCOCN=Cc1cnc(Cl)cc1N. The lowest BCUT2D eigenvalue weighted by atomic mass is 10.2. The van der Waals surface area contributed by atoms with Gasteiger partial charge in [-0.15, -0.1) is 0 Å². The van der Waals surface area contributed by atoms with E-state index in [2.05, 4.69) is 29.6 Å². The second-order valence-electron chi connectivity index (χ2n) is 5.30. The van der Waals surface area contributed by atoms with Gasteiger partial charge in [-0.2, -0.15) is 0 Å². The molecule has 0 saturated carbocycles. The van der Waals surface area contributed by atoms with Gasteiger partial charge in [-0.25, -0.2) is 4.98 Å². The van der Waals surface area contributed by atoms with Gasteiger partial charge in [-0.05, 0) is 12.1 Å². The van der Waals surface area contributed by atoms with Crippen LogP contribution in [0.1, 0.15) is 5.56 Å². The van der Waals surface area contributed by atoms with Crippen molar-refractivity contribution >= 4 is 31.6 Å². The lowest BCUT2D eigenvalue weighted by Gasteiger charge is -2.14. The Balaban J connectivity index is 2.33. The summed E-state index contributed by atoms with van der Waals surface area (Å²) in [6, 6.07) is 2.75. The quantitative estimate of drug-likeness (QED) is 0.378. The van der Waals surface area contributed by atoms with Gasteiger partial charge < -0.3 is 10.5 Å². The van der Waals surface area contributed by atoms with E-state index in [4.69, 9.17) is 22.1 Å². The van der Waals surface area contributed by atoms with E-state index in [1.54, 1.807) is 18.5 Å². The molecule has 1 rings (SSSR count). The zero-order chi connectivity index (χ0) is 13.6. The highest BCUT2D eigenvalue weighted by molar-refractivity contribution is 6.76. The third-order valence-corrected chi connectivity index (χ3v) is 4.24. The van der Waals surface area contributed by atoms with Gasteiger partial charge in [0.2, 0.25) is 0 Å². The Morgan fingerprint density at radius 2 is 2.22 bits per heavy atom. The maximum absolute atomic E-state index is 5.77. The second-order valence-corrected chi connectivity index (χ2v) is 11.3. The van der Waals surface area contributed by atoms with Gasteiger partial charge in [-0.3, -0.25) is 4.99 Å². The maximum Gasteiger partial charge on any atom is 0.137 e. The number of pyridine rings is 1. The van der Waals surface area contributed by atoms with Gasteiger partial charge in [0, 0.05) is 38.3 Å². The van der Waals surface area contributed by atoms with Crippen LogP contribution >= 0.6 is 11.6 Å². The van der Waals surface area contributed by atoms with Crippen molar-refractivity contribution in [2.75, 3.05) is 19.1 Å². The molecule has 100 valence electrons. The van der Waals surface area contributed by atoms with Gasteiger partial charge >= 0.3 is 0 Å². The molecule has 6 heteroatoms. The average molecular weight is 286 g/mol. The van der Waals surface area contributed by atoms with Crippen LogP contribution in [0.5, 0.6) is 0 Å². The minimum absolute atomic E-state index is 0.354. The predicted octanol–water partition coefficient (Wildman–Crippen LogP) is 3.05. The second kappa shape index (κ2) is 6.87. The van der Waals surface area contributed by atoms with Crippen LogP contribution in [0.3, 0.4) is 0 Å². The number of halogens is 1. The van der Waals surface area contributed by atoms with Crippen LogP contribution in [0.15, 0.2) is 17.3 Å². The zero-order valence-corrected chi connectivity index (χ0v) is 12.9. The molecule has 0 spiro atoms. The molecular formula is C12H20ClN3OSi. The van der Waals surface area contributed by atoms with Crippen LogP contribution in [-0.2, 0) is 4.74 Å². The Kier molecular flexibility index (Phi) is 5.78. The van der Waals surface area contributed by atoms with Crippen LogP contribution in [-0.4, -0.2) is 32.6 Å². The fraction of sp³-hybridized carbons (Fsp3) is 0.500. The van der Waals surface area contributed by atoms with E-state index in [1.807, 2.05) is 0 Å². The molecule has 0 aliphatic heterocycles. The number of nitrogens with zero attached hydrogens (tertiary/aromatic N) is 2. The van der Waals surface area contributed by atoms with E-state index in [-0.39, 0.29) is 0 Å². The Morgan fingerprint density at radius 3 is 2.83 bits per heavy atom. The van der Waals surface area contributed by atoms with E-state index >= 15 is 0 Å². The largest absolute Gasteiger partial charge is 0.398 e. The van der Waals surface area contributed by atoms with E-state index in [1.165, 1.54) is 0 Å². The van der Waals surface area contributed by atoms with E-state index in [0.717, 1.165) is 18.2 Å². The normalized spacial score (nSPS) is 12.2. The molecule has 4 nitrogen and oxygen atoms in total. The van der Waals surface area contributed by atoms with Crippen molar-refractivity contribution in [3.8, 4) is 0 Å². The molecule has 1 heterocycles. The highest BCUT2D eigenvalue weighted by Gasteiger charge is 2.11. The first-order valence-corrected chi connectivity index (χ1v) is 9.95. The standard InChI is InChI=1S/C12H20ClN3OSi/c1-18(2,3)5-4-17-9-15-7-10-8-16-12(13)6-11(10)14/h6-8H,4-5,9H2,1-3H3,(H2,14,16). The maximum atomic E-state index is 5.77. The topological polar surface area (TPSA) is 60.5 Å². The van der Waals surface area contributed by atoms with Gasteiger partial charge in [0.05, 0.1) is 0 Å². The van der Waals surface area contributed by atoms with Crippen molar-refractivity contribution in [3.05, 3.63) is 23.0 Å². The van der Waals surface area contributed by atoms with E-state index < -0.39 is 8.07 Å². The number of nitrogen functional groups attached to an aromatic ring is 1. The molecule has 0 aromatic carbocycles. The summed E-state index contributed by atoms with van der Waals surface area (Å²) in [4.78, 5) is 8.10. The molecule has 0 atom stereocenters. The van der Waals surface area contributed by atoms with Crippen LogP contribution in [0, 0.1) is 0 Å². The van der Waals surface area contributed by atoms with Crippen molar-refractivity contribution in [2.24, 2.45) is 4.99 Å². The third-order valence-electron chi connectivity index (χ3n) is 2.33. The van der Waals surface area contributed by atoms with Crippen molar-refractivity contribution in [2.45, 2.75) is 25.7 Å². The Labute approximate surface area is 114 Å². The van der Waals surface area contributed by atoms with Crippen molar-refractivity contribution < 1.29 is 4.74 Å². The number of aliphatic imine (C=N–C) groups is 1. The number of anilines is 1. The van der Waals surface area contributed by atoms with Gasteiger partial charge in [0.1, 0.15) is 11.9 Å². The predicted molar refractivity (Wildman–Crippen MR) is 80.2 cm³/mol. The van der Waals surface area contributed by atoms with Crippen LogP contribution < -0.4 is 5.73 Å². The third kappa shape index (κ3) is 6.14. The molecule has 1 aromatic heterocycles. The summed E-state index contributed by atoms with van der Waals surface area (Å²) >= 11 is 5.71. The molecule has 0 unspecified atom stereocenters. The molecule has 0 amide bonds. The van der Waals surface area contributed by atoms with Gasteiger partial charge in [0.15, 0.2) is 0 Å². The number of ether oxygens (including phenoxy) is 1. The number of rotatable bonds is 6. The van der Waals surface area contributed by atoms with Crippen LogP contribution in [0.2, 0.25) is 30.8 Å². The molecule has 0 aliphatic rings. The minimum Gasteiger partial charge on any atom is -0.398 e. The van der Waals surface area contributed by atoms with Crippen LogP contribution in [0.25, 0.3) is 0 Å². The number of nitrogens with two attached hydrogens (primary N) is 1. The lowest BCUT2D eigenvalue weighted by molar-refractivity contribution is 0.156. The molecular weight excluding hydrogens is 266 g/mol. The smallest absolute Gasteiger partial charge is 0.137 e. The van der Waals surface area contributed by atoms with Gasteiger partial charge in [0.25, 0.3) is 0 Å². The average Bonchev–Trinajstić information content (AvgIpc) is 2.24.